The van der Waals surface area contributed by atoms with Gasteiger partial charge < -0.3 is 9.47 Å². The lowest BCUT2D eigenvalue weighted by atomic mass is 9.88. The average Bonchev–Trinajstić information content (AvgIpc) is 2.71. The van der Waals surface area contributed by atoms with Crippen molar-refractivity contribution >= 4 is 11.9 Å². The molecule has 2 atom stereocenters. The van der Waals surface area contributed by atoms with Crippen molar-refractivity contribution in [3.63, 3.8) is 0 Å². The summed E-state index contributed by atoms with van der Waals surface area (Å²) in [4.78, 5) is 23.3. The molecule has 0 aromatic heterocycles. The lowest BCUT2D eigenvalue weighted by molar-refractivity contribution is -0.155. The fourth-order valence-electron chi connectivity index (χ4n) is 2.04. The van der Waals surface area contributed by atoms with Gasteiger partial charge in [-0.25, -0.2) is 4.39 Å². The zero-order valence-corrected chi connectivity index (χ0v) is 9.89. The zero-order chi connectivity index (χ0) is 13.1. The molecule has 2 rings (SSSR count). The molecule has 0 amide bonds. The van der Waals surface area contributed by atoms with Gasteiger partial charge in [-0.15, -0.1) is 0 Å². The highest BCUT2D eigenvalue weighted by atomic mass is 19.1. The number of hydrogen-bond acceptors (Lipinski definition) is 4. The Bertz CT molecular complexity index is 472. The van der Waals surface area contributed by atoms with E-state index in [9.17, 15) is 14.0 Å². The van der Waals surface area contributed by atoms with E-state index in [-0.39, 0.29) is 13.2 Å². The Labute approximate surface area is 104 Å². The maximum atomic E-state index is 13.2. The maximum Gasteiger partial charge on any atom is 0.321 e. The summed E-state index contributed by atoms with van der Waals surface area (Å²) in [6.45, 7) is 1.93. The van der Waals surface area contributed by atoms with E-state index >= 15 is 0 Å². The largest absolute Gasteiger partial charge is 0.465 e. The molecule has 4 nitrogen and oxygen atoms in total. The van der Waals surface area contributed by atoms with Gasteiger partial charge in [-0.2, -0.15) is 0 Å². The second kappa shape index (κ2) is 5.16. The van der Waals surface area contributed by atoms with E-state index in [1.54, 1.807) is 13.0 Å². The quantitative estimate of drug-likeness (QED) is 0.606. The Morgan fingerprint density at radius 1 is 1.56 bits per heavy atom. The van der Waals surface area contributed by atoms with Crippen LogP contribution in [0.2, 0.25) is 0 Å². The van der Waals surface area contributed by atoms with Crippen molar-refractivity contribution in [2.75, 3.05) is 13.2 Å². The molecule has 1 aliphatic rings. The van der Waals surface area contributed by atoms with Crippen molar-refractivity contribution in [2.24, 2.45) is 5.92 Å². The summed E-state index contributed by atoms with van der Waals surface area (Å²) in [5.41, 5.74) is 0.568. The topological polar surface area (TPSA) is 52.6 Å². The van der Waals surface area contributed by atoms with Gasteiger partial charge in [0, 0.05) is 5.92 Å². The van der Waals surface area contributed by atoms with Crippen LogP contribution in [0.4, 0.5) is 4.39 Å². The van der Waals surface area contributed by atoms with E-state index in [2.05, 4.69) is 0 Å². The van der Waals surface area contributed by atoms with E-state index in [0.29, 0.717) is 5.56 Å². The van der Waals surface area contributed by atoms with Gasteiger partial charge in [-0.3, -0.25) is 9.59 Å². The van der Waals surface area contributed by atoms with E-state index in [0.717, 1.165) is 0 Å². The van der Waals surface area contributed by atoms with E-state index in [1.807, 2.05) is 0 Å². The number of hydrogen-bond donors (Lipinski definition) is 0. The van der Waals surface area contributed by atoms with Crippen LogP contribution in [-0.4, -0.2) is 25.2 Å². The monoisotopic (exact) mass is 252 g/mol. The number of carbonyl (C=O) groups excluding carboxylic acids is 2. The summed E-state index contributed by atoms with van der Waals surface area (Å²) < 4.78 is 22.9. The Hall–Kier alpha value is -1.91. The summed E-state index contributed by atoms with van der Waals surface area (Å²) in [5.74, 6) is -3.11. The van der Waals surface area contributed by atoms with Gasteiger partial charge in [0.2, 0.25) is 0 Å². The molecule has 1 saturated heterocycles. The first-order valence-electron chi connectivity index (χ1n) is 5.72. The van der Waals surface area contributed by atoms with Crippen molar-refractivity contribution < 1.29 is 23.5 Å². The van der Waals surface area contributed by atoms with E-state index < -0.39 is 29.6 Å². The SMILES string of the molecule is CCOC(=O)[C@@H]1C(=O)OC[C@H]1c1cccc(F)c1. The third-order valence-electron chi connectivity index (χ3n) is 2.88. The first kappa shape index (κ1) is 12.5. The first-order chi connectivity index (χ1) is 8.63. The minimum atomic E-state index is -0.994. The number of esters is 2. The van der Waals surface area contributed by atoms with Gasteiger partial charge >= 0.3 is 11.9 Å². The number of cyclic esters (lactones) is 1. The van der Waals surface area contributed by atoms with Crippen LogP contribution in [0.3, 0.4) is 0 Å². The Morgan fingerprint density at radius 2 is 2.33 bits per heavy atom. The molecule has 5 heteroatoms. The van der Waals surface area contributed by atoms with Crippen LogP contribution in [0.5, 0.6) is 0 Å². The van der Waals surface area contributed by atoms with Crippen LogP contribution in [0, 0.1) is 11.7 Å². The molecule has 1 aliphatic heterocycles. The number of halogens is 1. The molecule has 0 saturated carbocycles. The molecule has 1 heterocycles. The molecular weight excluding hydrogens is 239 g/mol. The van der Waals surface area contributed by atoms with Crippen molar-refractivity contribution in [3.05, 3.63) is 35.6 Å². The highest BCUT2D eigenvalue weighted by Gasteiger charge is 2.44. The molecule has 0 spiro atoms. The molecule has 0 N–H and O–H groups in total. The third kappa shape index (κ3) is 2.34. The lowest BCUT2D eigenvalue weighted by Gasteiger charge is -2.14. The van der Waals surface area contributed by atoms with Gasteiger partial charge in [0.1, 0.15) is 5.82 Å². The van der Waals surface area contributed by atoms with Gasteiger partial charge in [0.25, 0.3) is 0 Å². The summed E-state index contributed by atoms with van der Waals surface area (Å²) in [5, 5.41) is 0. The van der Waals surface area contributed by atoms with Crippen molar-refractivity contribution in [3.8, 4) is 0 Å². The van der Waals surface area contributed by atoms with Crippen LogP contribution in [0.25, 0.3) is 0 Å². The van der Waals surface area contributed by atoms with Crippen LogP contribution in [-0.2, 0) is 19.1 Å². The second-order valence-corrected chi connectivity index (χ2v) is 4.02. The molecule has 1 aromatic rings. The molecule has 0 bridgehead atoms. The van der Waals surface area contributed by atoms with Crippen LogP contribution >= 0.6 is 0 Å². The minimum absolute atomic E-state index is 0.0752. The minimum Gasteiger partial charge on any atom is -0.465 e. The maximum absolute atomic E-state index is 13.2. The Balaban J connectivity index is 2.26. The Morgan fingerprint density at radius 3 is 3.00 bits per heavy atom. The van der Waals surface area contributed by atoms with Crippen LogP contribution in [0.15, 0.2) is 24.3 Å². The summed E-state index contributed by atoms with van der Waals surface area (Å²) in [7, 11) is 0. The van der Waals surface area contributed by atoms with Crippen LogP contribution in [0.1, 0.15) is 18.4 Å². The molecule has 1 fully saturated rings. The zero-order valence-electron chi connectivity index (χ0n) is 9.89. The fraction of sp³-hybridized carbons (Fsp3) is 0.385. The van der Waals surface area contributed by atoms with Crippen molar-refractivity contribution in [1.82, 2.24) is 0 Å². The molecule has 0 radical (unpaired) electrons. The average molecular weight is 252 g/mol. The van der Waals surface area contributed by atoms with E-state index in [1.165, 1.54) is 18.2 Å². The molecular formula is C13H13FO4. The highest BCUT2D eigenvalue weighted by molar-refractivity contribution is 5.97. The van der Waals surface area contributed by atoms with Gasteiger partial charge in [0.15, 0.2) is 5.92 Å². The van der Waals surface area contributed by atoms with Crippen molar-refractivity contribution in [2.45, 2.75) is 12.8 Å². The smallest absolute Gasteiger partial charge is 0.321 e. The van der Waals surface area contributed by atoms with Crippen LogP contribution < -0.4 is 0 Å². The summed E-state index contributed by atoms with van der Waals surface area (Å²) in [6.07, 6.45) is 0. The number of benzene rings is 1. The highest BCUT2D eigenvalue weighted by Crippen LogP contribution is 2.33. The molecule has 0 aliphatic carbocycles. The van der Waals surface area contributed by atoms with E-state index in [4.69, 9.17) is 9.47 Å². The number of rotatable bonds is 3. The second-order valence-electron chi connectivity index (χ2n) is 4.02. The molecule has 1 aromatic carbocycles. The predicted octanol–water partition coefficient (Wildman–Crippen LogP) is 1.65. The third-order valence-corrected chi connectivity index (χ3v) is 2.88. The van der Waals surface area contributed by atoms with Gasteiger partial charge in [0.05, 0.1) is 13.2 Å². The van der Waals surface area contributed by atoms with Crippen molar-refractivity contribution in [1.29, 1.82) is 0 Å². The molecule has 96 valence electrons. The summed E-state index contributed by atoms with van der Waals surface area (Å²) >= 11 is 0. The number of ether oxygens (including phenoxy) is 2. The predicted molar refractivity (Wildman–Crippen MR) is 60.2 cm³/mol. The molecule has 0 unspecified atom stereocenters. The Kier molecular flexibility index (Phi) is 3.60. The standard InChI is InChI=1S/C13H13FO4/c1-2-17-12(15)11-10(7-18-13(11)16)8-4-3-5-9(14)6-8/h3-6,10-11H,2,7H2,1H3/t10-,11+/m0/s1. The molecule has 18 heavy (non-hydrogen) atoms. The van der Waals surface area contributed by atoms with Gasteiger partial charge in [-0.1, -0.05) is 12.1 Å². The van der Waals surface area contributed by atoms with Gasteiger partial charge in [-0.05, 0) is 24.6 Å². The first-order valence-corrected chi connectivity index (χ1v) is 5.72. The summed E-state index contributed by atoms with van der Waals surface area (Å²) in [6, 6.07) is 5.82. The normalized spacial score (nSPS) is 22.7. The number of carbonyl (C=O) groups is 2. The lowest BCUT2D eigenvalue weighted by Crippen LogP contribution is -2.26. The fourth-order valence-corrected chi connectivity index (χ4v) is 2.04.